The maximum Gasteiger partial charge on any atom is 0.303 e. The van der Waals surface area contributed by atoms with Crippen molar-refractivity contribution >= 4 is 17.5 Å². The van der Waals surface area contributed by atoms with Crippen LogP contribution < -0.4 is 0 Å². The largest absolute Gasteiger partial charge is 0.458 e. The number of fused-ring (bicyclic) bond motifs is 5. The summed E-state index contributed by atoms with van der Waals surface area (Å²) < 4.78 is 38.5. The Balaban J connectivity index is 0.00000207. The summed E-state index contributed by atoms with van der Waals surface area (Å²) in [5, 5.41) is 11.7. The molecule has 236 valence electrons. The van der Waals surface area contributed by atoms with Gasteiger partial charge < -0.3 is 14.7 Å². The van der Waals surface area contributed by atoms with Gasteiger partial charge in [0.25, 0.3) is 0 Å². The number of hydrogen-bond acceptors (Lipinski definition) is 6. The van der Waals surface area contributed by atoms with Crippen LogP contribution in [0.2, 0.25) is 0 Å². The minimum atomic E-state index is -2.20. The van der Waals surface area contributed by atoms with Crippen molar-refractivity contribution < 1.29 is 33.0 Å². The van der Waals surface area contributed by atoms with Gasteiger partial charge in [0.1, 0.15) is 6.17 Å². The lowest BCUT2D eigenvalue weighted by atomic mass is 9.43. The molecule has 4 aliphatic carbocycles. The zero-order valence-electron chi connectivity index (χ0n) is 26.6. The predicted molar refractivity (Wildman–Crippen MR) is 162 cm³/mol. The van der Waals surface area contributed by atoms with Gasteiger partial charge in [-0.2, -0.15) is 0 Å². The average Bonchev–Trinajstić information content (AvgIpc) is 3.24. The number of hydrogen-bond donors (Lipinski definition) is 1. The van der Waals surface area contributed by atoms with Gasteiger partial charge in [-0.1, -0.05) is 56.7 Å². The molecule has 0 bridgehead atoms. The Labute approximate surface area is 254 Å². The number of ether oxygens (including phenoxy) is 1. The molecule has 4 aliphatic rings. The smallest absolute Gasteiger partial charge is 0.303 e. The number of allylic oxidation sites excluding steroid dienone is 4. The van der Waals surface area contributed by atoms with E-state index in [4.69, 9.17) is 4.74 Å². The van der Waals surface area contributed by atoms with Crippen molar-refractivity contribution in [2.24, 2.45) is 28.1 Å². The van der Waals surface area contributed by atoms with Crippen LogP contribution in [0.3, 0.4) is 0 Å². The second-order valence-electron chi connectivity index (χ2n) is 13.3. The van der Waals surface area contributed by atoms with E-state index < -0.39 is 58.6 Å². The summed E-state index contributed by atoms with van der Waals surface area (Å²) in [4.78, 5) is 39.9. The topological polar surface area (TPSA) is 83.9 Å². The number of Topliss-reactive ketones (excluding diaryl/α,β-unsaturated/α-hetero) is 1. The van der Waals surface area contributed by atoms with Crippen molar-refractivity contribution in [2.45, 2.75) is 91.7 Å². The van der Waals surface area contributed by atoms with Crippen molar-refractivity contribution in [1.29, 1.82) is 0 Å². The summed E-state index contributed by atoms with van der Waals surface area (Å²) >= 11 is 0. The average molecular weight is 600 g/mol. The summed E-state index contributed by atoms with van der Waals surface area (Å²) in [5.41, 5.74) is -3.30. The van der Waals surface area contributed by atoms with E-state index in [2.05, 4.69) is 4.90 Å². The van der Waals surface area contributed by atoms with Gasteiger partial charge in [-0.3, -0.25) is 14.4 Å². The highest BCUT2D eigenvalue weighted by Crippen LogP contribution is 2.72. The Morgan fingerprint density at radius 3 is 2.42 bits per heavy atom. The Morgan fingerprint density at radius 1 is 1.14 bits per heavy atom. The van der Waals surface area contributed by atoms with E-state index in [0.29, 0.717) is 25.9 Å². The monoisotopic (exact) mass is 599 g/mol. The van der Waals surface area contributed by atoms with E-state index >= 15 is 8.78 Å². The second kappa shape index (κ2) is 12.0. The molecule has 0 aliphatic heterocycles. The van der Waals surface area contributed by atoms with Gasteiger partial charge in [-0.25, -0.2) is 8.78 Å². The number of esters is 1. The van der Waals surface area contributed by atoms with Crippen molar-refractivity contribution in [3.05, 3.63) is 59.2 Å². The molecule has 43 heavy (non-hydrogen) atoms. The molecule has 1 aromatic rings. The summed E-state index contributed by atoms with van der Waals surface area (Å²) in [6.45, 7) is 11.3. The molecule has 3 fully saturated rings. The summed E-state index contributed by atoms with van der Waals surface area (Å²) in [5.74, 6) is -2.46. The third-order valence-corrected chi connectivity index (χ3v) is 11.0. The maximum absolute atomic E-state index is 17.5. The van der Waals surface area contributed by atoms with Gasteiger partial charge in [0.15, 0.2) is 23.8 Å². The van der Waals surface area contributed by atoms with Crippen LogP contribution in [-0.4, -0.2) is 65.7 Å². The fourth-order valence-corrected chi connectivity index (χ4v) is 8.95. The number of carbonyl (C=O) groups excluding carboxylic acids is 3. The van der Waals surface area contributed by atoms with Crippen LogP contribution in [0.25, 0.3) is 0 Å². The van der Waals surface area contributed by atoms with Crippen LogP contribution in [0.4, 0.5) is 8.78 Å². The summed E-state index contributed by atoms with van der Waals surface area (Å²) in [6, 6.07) is 8.14. The number of rotatable bonds is 7. The first kappa shape index (κ1) is 33.2. The lowest BCUT2D eigenvalue weighted by Crippen LogP contribution is -2.70. The molecule has 1 aromatic carbocycles. The molecular formula is C35H47F2NO5. The summed E-state index contributed by atoms with van der Waals surface area (Å²) in [6.07, 6.45) is 1.58. The molecular weight excluding hydrogens is 552 g/mol. The van der Waals surface area contributed by atoms with Gasteiger partial charge in [0.2, 0.25) is 0 Å². The number of ketones is 2. The molecule has 0 spiro atoms. The molecule has 0 aromatic heterocycles. The highest BCUT2D eigenvalue weighted by atomic mass is 19.1. The molecule has 1 N–H and O–H groups in total. The number of halogens is 2. The van der Waals surface area contributed by atoms with Gasteiger partial charge in [-0.05, 0) is 81.2 Å². The first-order valence-electron chi connectivity index (χ1n) is 15.5. The quantitative estimate of drug-likeness (QED) is 0.394. The SMILES string of the molecule is CC.CC(=O)OCC(=O)[C@@]1(CN(C)Cc2ccc(C)cc2)CCC2[C@@H]3C[C@H](F)C4=CC(=O)C=C[C@]4(C)[C@@]3(F)[C@@H](O)C[C@@]21C. The van der Waals surface area contributed by atoms with Crippen LogP contribution in [0.15, 0.2) is 48.1 Å². The van der Waals surface area contributed by atoms with Gasteiger partial charge in [-0.15, -0.1) is 0 Å². The molecule has 0 saturated heterocycles. The maximum atomic E-state index is 17.5. The zero-order valence-corrected chi connectivity index (χ0v) is 26.6. The number of aliphatic hydroxyl groups is 1. The number of nitrogens with zero attached hydrogens (tertiary/aromatic N) is 1. The number of benzene rings is 1. The molecule has 0 radical (unpaired) electrons. The Kier molecular flexibility index (Phi) is 9.26. The second-order valence-corrected chi connectivity index (χ2v) is 13.3. The van der Waals surface area contributed by atoms with E-state index in [0.717, 1.165) is 11.1 Å². The normalized spacial score (nSPS) is 37.8. The minimum Gasteiger partial charge on any atom is -0.458 e. The van der Waals surface area contributed by atoms with Crippen molar-refractivity contribution in [3.8, 4) is 0 Å². The Hall–Kier alpha value is -2.71. The lowest BCUT2D eigenvalue weighted by molar-refractivity contribution is -0.213. The van der Waals surface area contributed by atoms with Crippen LogP contribution >= 0.6 is 0 Å². The fourth-order valence-electron chi connectivity index (χ4n) is 8.95. The van der Waals surface area contributed by atoms with Crippen LogP contribution in [0.1, 0.15) is 71.4 Å². The lowest BCUT2D eigenvalue weighted by Gasteiger charge is -2.63. The van der Waals surface area contributed by atoms with Crippen LogP contribution in [-0.2, 0) is 25.7 Å². The molecule has 8 heteroatoms. The van der Waals surface area contributed by atoms with Crippen molar-refractivity contribution in [2.75, 3.05) is 20.2 Å². The molecule has 6 nitrogen and oxygen atoms in total. The Morgan fingerprint density at radius 2 is 1.79 bits per heavy atom. The standard InChI is InChI=1S/C33H41F2NO5.C2H6/c1-20-6-8-22(9-7-20)17-36(5)19-32(29(40)18-41-21(2)37)13-11-24-25-15-27(34)26-14-23(38)10-12-30(26,3)33(25,35)28(39)16-31(24,32)4;1-2/h6-10,12,14,24-25,27-28,39H,11,13,15-19H2,1-5H3;1-2H3/t24?,25-,27-,28-,30-,31-,32-,33-;/m0./s1. The third-order valence-electron chi connectivity index (χ3n) is 11.0. The highest BCUT2D eigenvalue weighted by molar-refractivity contribution is 6.01. The molecule has 0 heterocycles. The van der Waals surface area contributed by atoms with Gasteiger partial charge >= 0.3 is 5.97 Å². The molecule has 5 rings (SSSR count). The highest BCUT2D eigenvalue weighted by Gasteiger charge is 2.75. The van der Waals surface area contributed by atoms with E-state index in [-0.39, 0.29) is 30.0 Å². The molecule has 0 amide bonds. The van der Waals surface area contributed by atoms with Crippen molar-refractivity contribution in [1.82, 2.24) is 4.90 Å². The van der Waals surface area contributed by atoms with Gasteiger partial charge in [0.05, 0.1) is 11.5 Å². The number of alkyl halides is 2. The molecule has 3 saturated carbocycles. The minimum absolute atomic E-state index is 0.00351. The van der Waals surface area contributed by atoms with Crippen LogP contribution in [0.5, 0.6) is 0 Å². The first-order valence-corrected chi connectivity index (χ1v) is 15.5. The number of carbonyl (C=O) groups is 3. The zero-order chi connectivity index (χ0) is 32.0. The van der Waals surface area contributed by atoms with Crippen LogP contribution in [0, 0.1) is 35.0 Å². The van der Waals surface area contributed by atoms with E-state index in [9.17, 15) is 19.5 Å². The molecule has 8 atom stereocenters. The fraction of sp³-hybridized carbons (Fsp3) is 0.629. The predicted octanol–water partition coefficient (Wildman–Crippen LogP) is 5.89. The van der Waals surface area contributed by atoms with E-state index in [1.807, 2.05) is 59.0 Å². The van der Waals surface area contributed by atoms with Crippen molar-refractivity contribution in [3.63, 3.8) is 0 Å². The first-order chi connectivity index (χ1) is 20.2. The molecule has 1 unspecified atom stereocenters. The number of aliphatic hydroxyl groups excluding tert-OH is 1. The van der Waals surface area contributed by atoms with E-state index in [1.165, 1.54) is 25.2 Å². The number of aryl methyl sites for hydroxylation is 1. The summed E-state index contributed by atoms with van der Waals surface area (Å²) in [7, 11) is 1.93. The Bertz CT molecular complexity index is 1310. The van der Waals surface area contributed by atoms with Gasteiger partial charge in [0, 0.05) is 31.3 Å². The third kappa shape index (κ3) is 5.22. The van der Waals surface area contributed by atoms with E-state index in [1.54, 1.807) is 6.92 Å².